The Bertz CT molecular complexity index is 1060. The number of pyridine rings is 1. The molecule has 1 fully saturated rings. The molecule has 0 atom stereocenters. The van der Waals surface area contributed by atoms with Crippen LogP contribution in [0.5, 0.6) is 11.6 Å². The molecule has 2 aromatic rings. The van der Waals surface area contributed by atoms with Crippen LogP contribution in [0.4, 0.5) is 0 Å². The lowest BCUT2D eigenvalue weighted by Gasteiger charge is -2.28. The van der Waals surface area contributed by atoms with E-state index in [2.05, 4.69) is 6.92 Å². The van der Waals surface area contributed by atoms with Crippen molar-refractivity contribution in [1.82, 2.24) is 4.57 Å². The molecule has 1 saturated carbocycles. The zero-order valence-electron chi connectivity index (χ0n) is 19.2. The smallest absolute Gasteiger partial charge is 0.271 e. The van der Waals surface area contributed by atoms with Gasteiger partial charge in [0.1, 0.15) is 17.4 Å². The number of ether oxygens (including phenoxy) is 1. The van der Waals surface area contributed by atoms with E-state index in [0.29, 0.717) is 11.7 Å². The fourth-order valence-electron chi connectivity index (χ4n) is 4.72. The molecule has 1 aromatic heterocycles. The van der Waals surface area contributed by atoms with Gasteiger partial charge < -0.3 is 9.84 Å². The minimum atomic E-state index is -0.585. The number of carbonyl (C=O) groups is 1. The molecule has 1 aromatic carbocycles. The van der Waals surface area contributed by atoms with Crippen LogP contribution in [0.2, 0.25) is 0 Å². The fourth-order valence-corrected chi connectivity index (χ4v) is 4.72. The van der Waals surface area contributed by atoms with Gasteiger partial charge in [-0.15, -0.1) is 0 Å². The number of aromatic hydroxyl groups is 1. The van der Waals surface area contributed by atoms with E-state index >= 15 is 0 Å². The number of Topliss-reactive ketones (excluding diaryl/α,β-unsaturated/α-hetero) is 1. The first kappa shape index (κ1) is 23.6. The summed E-state index contributed by atoms with van der Waals surface area (Å²) < 4.78 is 6.29. The highest BCUT2D eigenvalue weighted by Crippen LogP contribution is 2.36. The number of hydrogen-bond acceptors (Lipinski definition) is 5. The molecule has 3 rings (SSSR count). The molecule has 1 aliphatic rings. The maximum atomic E-state index is 13.4. The SMILES string of the molecule is CCCCC1CCC(C(=O)c2c(C)c(C#N)c(=O)n(Cc3ccc(OC)cc3)c2O)CC1. The van der Waals surface area contributed by atoms with E-state index in [1.54, 1.807) is 38.3 Å². The molecule has 1 heterocycles. The van der Waals surface area contributed by atoms with Gasteiger partial charge in [-0.05, 0) is 61.8 Å². The minimum Gasteiger partial charge on any atom is -0.497 e. The molecule has 0 saturated heterocycles. The summed E-state index contributed by atoms with van der Waals surface area (Å²) in [6.45, 7) is 3.83. The molecular weight excluding hydrogens is 404 g/mol. The maximum Gasteiger partial charge on any atom is 0.271 e. The molecule has 6 heteroatoms. The van der Waals surface area contributed by atoms with Gasteiger partial charge in [0.15, 0.2) is 5.78 Å². The van der Waals surface area contributed by atoms with E-state index in [1.807, 2.05) is 6.07 Å². The van der Waals surface area contributed by atoms with Crippen molar-refractivity contribution in [2.45, 2.75) is 65.3 Å². The summed E-state index contributed by atoms with van der Waals surface area (Å²) in [6.07, 6.45) is 7.17. The lowest BCUT2D eigenvalue weighted by Crippen LogP contribution is -2.29. The first-order valence-corrected chi connectivity index (χ1v) is 11.4. The fraction of sp³-hybridized carbons (Fsp3) is 0.500. The van der Waals surface area contributed by atoms with Crippen LogP contribution >= 0.6 is 0 Å². The first-order valence-electron chi connectivity index (χ1n) is 11.4. The largest absolute Gasteiger partial charge is 0.497 e. The van der Waals surface area contributed by atoms with E-state index in [-0.39, 0.29) is 40.8 Å². The van der Waals surface area contributed by atoms with Crippen molar-refractivity contribution in [1.29, 1.82) is 5.26 Å². The van der Waals surface area contributed by atoms with Crippen LogP contribution in [0, 0.1) is 30.1 Å². The summed E-state index contributed by atoms with van der Waals surface area (Å²) in [7, 11) is 1.57. The van der Waals surface area contributed by atoms with Crippen LogP contribution < -0.4 is 10.3 Å². The number of aromatic nitrogens is 1. The molecule has 0 amide bonds. The summed E-state index contributed by atoms with van der Waals surface area (Å²) in [4.78, 5) is 26.3. The third-order valence-electron chi connectivity index (χ3n) is 6.73. The van der Waals surface area contributed by atoms with Crippen LogP contribution in [-0.2, 0) is 6.54 Å². The Morgan fingerprint density at radius 3 is 2.44 bits per heavy atom. The number of unbranched alkanes of at least 4 members (excludes halogenated alkanes) is 1. The zero-order valence-corrected chi connectivity index (χ0v) is 19.2. The molecule has 6 nitrogen and oxygen atoms in total. The van der Waals surface area contributed by atoms with Crippen molar-refractivity contribution in [3.63, 3.8) is 0 Å². The molecule has 0 unspecified atom stereocenters. The number of nitriles is 1. The Morgan fingerprint density at radius 2 is 1.88 bits per heavy atom. The van der Waals surface area contributed by atoms with E-state index < -0.39 is 5.56 Å². The van der Waals surface area contributed by atoms with Gasteiger partial charge in [-0.3, -0.25) is 14.2 Å². The summed E-state index contributed by atoms with van der Waals surface area (Å²) in [6, 6.07) is 9.05. The zero-order chi connectivity index (χ0) is 23.3. The molecule has 170 valence electrons. The molecule has 0 bridgehead atoms. The van der Waals surface area contributed by atoms with E-state index in [1.165, 1.54) is 19.3 Å². The molecule has 0 radical (unpaired) electrons. The molecule has 32 heavy (non-hydrogen) atoms. The minimum absolute atomic E-state index is 0.0632. The van der Waals surface area contributed by atoms with Crippen molar-refractivity contribution in [2.24, 2.45) is 11.8 Å². The second kappa shape index (κ2) is 10.5. The Balaban J connectivity index is 1.92. The van der Waals surface area contributed by atoms with Crippen LogP contribution in [-0.4, -0.2) is 22.6 Å². The average molecular weight is 437 g/mol. The van der Waals surface area contributed by atoms with Gasteiger partial charge in [0.2, 0.25) is 5.88 Å². The quantitative estimate of drug-likeness (QED) is 0.590. The monoisotopic (exact) mass is 436 g/mol. The normalized spacial score (nSPS) is 18.2. The van der Waals surface area contributed by atoms with E-state index in [4.69, 9.17) is 4.74 Å². The van der Waals surface area contributed by atoms with Crippen molar-refractivity contribution in [2.75, 3.05) is 7.11 Å². The second-order valence-electron chi connectivity index (χ2n) is 8.77. The lowest BCUT2D eigenvalue weighted by molar-refractivity contribution is 0.0864. The van der Waals surface area contributed by atoms with Crippen molar-refractivity contribution >= 4 is 5.78 Å². The Labute approximate surface area is 189 Å². The highest BCUT2D eigenvalue weighted by atomic mass is 16.5. The van der Waals surface area contributed by atoms with Crippen LogP contribution in [0.1, 0.15) is 78.9 Å². The van der Waals surface area contributed by atoms with Crippen LogP contribution in [0.3, 0.4) is 0 Å². The second-order valence-corrected chi connectivity index (χ2v) is 8.77. The van der Waals surface area contributed by atoms with Crippen molar-refractivity contribution < 1.29 is 14.6 Å². The number of carbonyl (C=O) groups excluding carboxylic acids is 1. The van der Waals surface area contributed by atoms with Crippen molar-refractivity contribution in [3.05, 3.63) is 56.9 Å². The van der Waals surface area contributed by atoms with E-state index in [0.717, 1.165) is 35.8 Å². The number of methoxy groups -OCH3 is 1. The average Bonchev–Trinajstić information content (AvgIpc) is 2.81. The standard InChI is InChI=1S/C26H32N2O4/c1-4-5-6-18-7-11-20(12-8-18)24(29)23-17(2)22(15-27)25(30)28(26(23)31)16-19-9-13-21(32-3)14-10-19/h9-10,13-14,18,20,31H,4-8,11-12,16H2,1-3H3. The molecule has 0 spiro atoms. The summed E-state index contributed by atoms with van der Waals surface area (Å²) in [5.41, 5.74) is 0.478. The number of hydrogen-bond donors (Lipinski definition) is 1. The van der Waals surface area contributed by atoms with Gasteiger partial charge >= 0.3 is 0 Å². The van der Waals surface area contributed by atoms with Gasteiger partial charge in [0.05, 0.1) is 19.2 Å². The van der Waals surface area contributed by atoms with Crippen LogP contribution in [0.15, 0.2) is 29.1 Å². The summed E-state index contributed by atoms with van der Waals surface area (Å²) in [5.74, 6) is 0.648. The number of nitrogens with zero attached hydrogens (tertiary/aromatic N) is 2. The summed E-state index contributed by atoms with van der Waals surface area (Å²) >= 11 is 0. The first-order chi connectivity index (χ1) is 15.4. The highest BCUT2D eigenvalue weighted by molar-refractivity contribution is 6.01. The highest BCUT2D eigenvalue weighted by Gasteiger charge is 2.32. The predicted molar refractivity (Wildman–Crippen MR) is 123 cm³/mol. The molecule has 1 aliphatic carbocycles. The number of ketones is 1. The topological polar surface area (TPSA) is 92.3 Å². The predicted octanol–water partition coefficient (Wildman–Crippen LogP) is 4.97. The Hall–Kier alpha value is -3.07. The third kappa shape index (κ3) is 4.88. The maximum absolute atomic E-state index is 13.4. The molecule has 0 aliphatic heterocycles. The van der Waals surface area contributed by atoms with Gasteiger partial charge in [-0.2, -0.15) is 5.26 Å². The van der Waals surface area contributed by atoms with Gasteiger partial charge in [-0.1, -0.05) is 38.3 Å². The lowest BCUT2D eigenvalue weighted by atomic mass is 9.76. The Kier molecular flexibility index (Phi) is 7.74. The van der Waals surface area contributed by atoms with Gasteiger partial charge in [-0.25, -0.2) is 0 Å². The van der Waals surface area contributed by atoms with Crippen molar-refractivity contribution in [3.8, 4) is 17.7 Å². The van der Waals surface area contributed by atoms with E-state index in [9.17, 15) is 20.0 Å². The number of rotatable bonds is 8. The van der Waals surface area contributed by atoms with Crippen LogP contribution in [0.25, 0.3) is 0 Å². The molecule has 1 N–H and O–H groups in total. The van der Waals surface area contributed by atoms with Gasteiger partial charge in [0, 0.05) is 5.92 Å². The summed E-state index contributed by atoms with van der Waals surface area (Å²) in [5, 5.41) is 20.6. The number of benzene rings is 1. The third-order valence-corrected chi connectivity index (χ3v) is 6.73. The van der Waals surface area contributed by atoms with Gasteiger partial charge in [0.25, 0.3) is 5.56 Å². The Morgan fingerprint density at radius 1 is 1.22 bits per heavy atom. The molecular formula is C26H32N2O4.